The van der Waals surface area contributed by atoms with Gasteiger partial charge in [-0.1, -0.05) is 42.5 Å². The maximum Gasteiger partial charge on any atom is 0.120 e. The first-order chi connectivity index (χ1) is 10.1. The fourth-order valence-corrected chi connectivity index (χ4v) is 2.54. The highest BCUT2D eigenvalue weighted by atomic mass is 16.3. The molecule has 0 aliphatic rings. The first kappa shape index (κ1) is 15.5. The molecule has 2 aromatic carbocycles. The number of phenols is 1. The predicted octanol–water partition coefficient (Wildman–Crippen LogP) is 2.95. The number of aromatic hydroxyl groups is 1. The van der Waals surface area contributed by atoms with Crippen molar-refractivity contribution in [1.82, 2.24) is 5.32 Å². The van der Waals surface area contributed by atoms with E-state index in [1.54, 1.807) is 6.07 Å². The molecule has 1 unspecified atom stereocenters. The second kappa shape index (κ2) is 7.25. The summed E-state index contributed by atoms with van der Waals surface area (Å²) in [6.07, 6.45) is 0.758. The van der Waals surface area contributed by atoms with Gasteiger partial charge in [-0.05, 0) is 37.5 Å². The molecule has 3 N–H and O–H groups in total. The van der Waals surface area contributed by atoms with Gasteiger partial charge in [-0.25, -0.2) is 0 Å². The van der Waals surface area contributed by atoms with Crippen LogP contribution in [0.2, 0.25) is 0 Å². The summed E-state index contributed by atoms with van der Waals surface area (Å²) < 4.78 is 0. The summed E-state index contributed by atoms with van der Waals surface area (Å²) >= 11 is 0. The van der Waals surface area contributed by atoms with Gasteiger partial charge in [0.25, 0.3) is 0 Å². The number of aliphatic hydroxyl groups is 1. The Balaban J connectivity index is 2.04. The van der Waals surface area contributed by atoms with Crippen LogP contribution in [0.15, 0.2) is 48.5 Å². The highest BCUT2D eigenvalue weighted by molar-refractivity contribution is 5.37. The second-order valence-corrected chi connectivity index (χ2v) is 5.52. The molecule has 3 nitrogen and oxygen atoms in total. The normalized spacial score (nSPS) is 13.9. The zero-order valence-corrected chi connectivity index (χ0v) is 12.6. The Morgan fingerprint density at radius 3 is 2.43 bits per heavy atom. The number of phenolic OH excluding ortho intramolecular Hbond substituents is 1. The van der Waals surface area contributed by atoms with Crippen LogP contribution in [0.4, 0.5) is 0 Å². The van der Waals surface area contributed by atoms with Crippen molar-refractivity contribution in [2.75, 3.05) is 6.61 Å². The van der Waals surface area contributed by atoms with Crippen LogP contribution < -0.4 is 5.32 Å². The monoisotopic (exact) mass is 285 g/mol. The Labute approximate surface area is 126 Å². The van der Waals surface area contributed by atoms with Gasteiger partial charge < -0.3 is 15.5 Å². The second-order valence-electron chi connectivity index (χ2n) is 5.52. The van der Waals surface area contributed by atoms with Gasteiger partial charge in [0.2, 0.25) is 0 Å². The molecule has 2 rings (SSSR count). The third kappa shape index (κ3) is 4.31. The molecule has 3 heteroatoms. The van der Waals surface area contributed by atoms with Crippen molar-refractivity contribution in [2.24, 2.45) is 0 Å². The van der Waals surface area contributed by atoms with E-state index in [2.05, 4.69) is 17.4 Å². The van der Waals surface area contributed by atoms with Gasteiger partial charge >= 0.3 is 0 Å². The molecule has 0 heterocycles. The molecular formula is C18H23NO2. The molecule has 0 saturated carbocycles. The summed E-state index contributed by atoms with van der Waals surface area (Å²) in [6.45, 7) is 4.01. The number of benzene rings is 2. The van der Waals surface area contributed by atoms with Gasteiger partial charge in [0.15, 0.2) is 0 Å². The Kier molecular flexibility index (Phi) is 5.37. The van der Waals surface area contributed by atoms with Gasteiger partial charge in [0, 0.05) is 17.6 Å². The minimum atomic E-state index is -0.0388. The molecular weight excluding hydrogens is 262 g/mol. The van der Waals surface area contributed by atoms with E-state index < -0.39 is 0 Å². The number of hydrogen-bond donors (Lipinski definition) is 3. The van der Waals surface area contributed by atoms with E-state index in [1.165, 1.54) is 5.56 Å². The van der Waals surface area contributed by atoms with Crippen LogP contribution in [0.1, 0.15) is 29.7 Å². The zero-order chi connectivity index (χ0) is 15.2. The lowest BCUT2D eigenvalue weighted by Crippen LogP contribution is -2.36. The van der Waals surface area contributed by atoms with Crippen LogP contribution in [0.3, 0.4) is 0 Å². The summed E-state index contributed by atoms with van der Waals surface area (Å²) in [5.74, 6) is 0.298. The minimum Gasteiger partial charge on any atom is -0.508 e. The average Bonchev–Trinajstić information content (AvgIpc) is 2.47. The standard InChI is InChI=1S/C18H23NO2/c1-13-8-9-17(18(21)10-13)14(2)19-16(12-20)11-15-6-4-3-5-7-15/h3-10,14,16,19-21H,11-12H2,1-2H3/t14?,16-/m1/s1. The molecule has 0 bridgehead atoms. The molecule has 2 atom stereocenters. The Bertz CT molecular complexity index is 569. The number of aryl methyl sites for hydroxylation is 1. The van der Waals surface area contributed by atoms with E-state index >= 15 is 0 Å². The molecule has 2 aromatic rings. The van der Waals surface area contributed by atoms with E-state index in [-0.39, 0.29) is 18.7 Å². The number of nitrogens with one attached hydrogen (secondary N) is 1. The molecule has 0 aliphatic heterocycles. The predicted molar refractivity (Wildman–Crippen MR) is 85.4 cm³/mol. The molecule has 0 fully saturated rings. The van der Waals surface area contributed by atoms with Gasteiger partial charge in [-0.15, -0.1) is 0 Å². The van der Waals surface area contributed by atoms with E-state index in [4.69, 9.17) is 0 Å². The highest BCUT2D eigenvalue weighted by Crippen LogP contribution is 2.25. The van der Waals surface area contributed by atoms with Crippen molar-refractivity contribution < 1.29 is 10.2 Å². The van der Waals surface area contributed by atoms with Crippen molar-refractivity contribution in [3.63, 3.8) is 0 Å². The summed E-state index contributed by atoms with van der Waals surface area (Å²) in [5, 5.41) is 23.0. The molecule has 21 heavy (non-hydrogen) atoms. The maximum absolute atomic E-state index is 10.0. The fourth-order valence-electron chi connectivity index (χ4n) is 2.54. The minimum absolute atomic E-state index is 0.0218. The lowest BCUT2D eigenvalue weighted by Gasteiger charge is -2.23. The van der Waals surface area contributed by atoms with Gasteiger partial charge in [0.1, 0.15) is 5.75 Å². The van der Waals surface area contributed by atoms with Crippen LogP contribution in [-0.2, 0) is 6.42 Å². The Morgan fingerprint density at radius 1 is 1.10 bits per heavy atom. The first-order valence-corrected chi connectivity index (χ1v) is 7.30. The number of aliphatic hydroxyl groups excluding tert-OH is 1. The van der Waals surface area contributed by atoms with Crippen LogP contribution in [0.5, 0.6) is 5.75 Å². The van der Waals surface area contributed by atoms with Gasteiger partial charge in [0.05, 0.1) is 6.61 Å². The van der Waals surface area contributed by atoms with Crippen LogP contribution >= 0.6 is 0 Å². The van der Waals surface area contributed by atoms with E-state index in [0.29, 0.717) is 5.75 Å². The molecule has 0 radical (unpaired) electrons. The lowest BCUT2D eigenvalue weighted by atomic mass is 10.0. The molecule has 0 saturated heterocycles. The van der Waals surface area contributed by atoms with Crippen molar-refractivity contribution >= 4 is 0 Å². The summed E-state index contributed by atoms with van der Waals surface area (Å²) in [7, 11) is 0. The molecule has 0 aromatic heterocycles. The largest absolute Gasteiger partial charge is 0.508 e. The van der Waals surface area contributed by atoms with Crippen molar-refractivity contribution in [2.45, 2.75) is 32.4 Å². The lowest BCUT2D eigenvalue weighted by molar-refractivity contribution is 0.232. The SMILES string of the molecule is Cc1ccc(C(C)N[C@@H](CO)Cc2ccccc2)c(O)c1. The van der Waals surface area contributed by atoms with Gasteiger partial charge in [-0.2, -0.15) is 0 Å². The average molecular weight is 285 g/mol. The third-order valence-electron chi connectivity index (χ3n) is 3.68. The summed E-state index contributed by atoms with van der Waals surface area (Å²) in [4.78, 5) is 0. The molecule has 112 valence electrons. The van der Waals surface area contributed by atoms with Crippen LogP contribution in [-0.4, -0.2) is 22.9 Å². The van der Waals surface area contributed by atoms with E-state index in [1.807, 2.05) is 44.2 Å². The van der Waals surface area contributed by atoms with Crippen molar-refractivity contribution in [1.29, 1.82) is 0 Å². The topological polar surface area (TPSA) is 52.5 Å². The van der Waals surface area contributed by atoms with Crippen molar-refractivity contribution in [3.8, 4) is 5.75 Å². The zero-order valence-electron chi connectivity index (χ0n) is 12.6. The Morgan fingerprint density at radius 2 is 1.81 bits per heavy atom. The highest BCUT2D eigenvalue weighted by Gasteiger charge is 2.15. The van der Waals surface area contributed by atoms with Crippen LogP contribution in [0.25, 0.3) is 0 Å². The molecule has 0 spiro atoms. The quantitative estimate of drug-likeness (QED) is 0.765. The van der Waals surface area contributed by atoms with Gasteiger partial charge in [-0.3, -0.25) is 0 Å². The smallest absolute Gasteiger partial charge is 0.120 e. The maximum atomic E-state index is 10.0. The Hall–Kier alpha value is -1.84. The van der Waals surface area contributed by atoms with Crippen LogP contribution in [0, 0.1) is 6.92 Å². The van der Waals surface area contributed by atoms with E-state index in [9.17, 15) is 10.2 Å². The first-order valence-electron chi connectivity index (χ1n) is 7.30. The summed E-state index contributed by atoms with van der Waals surface area (Å²) in [5.41, 5.74) is 3.07. The third-order valence-corrected chi connectivity index (χ3v) is 3.68. The number of rotatable bonds is 6. The molecule has 0 amide bonds. The molecule has 0 aliphatic carbocycles. The van der Waals surface area contributed by atoms with E-state index in [0.717, 1.165) is 17.5 Å². The fraction of sp³-hybridized carbons (Fsp3) is 0.333. The number of hydrogen-bond acceptors (Lipinski definition) is 3. The van der Waals surface area contributed by atoms with Crippen molar-refractivity contribution in [3.05, 3.63) is 65.2 Å². The summed E-state index contributed by atoms with van der Waals surface area (Å²) in [6, 6.07) is 15.7.